The van der Waals surface area contributed by atoms with E-state index >= 15 is 0 Å². The van der Waals surface area contributed by atoms with Crippen molar-refractivity contribution in [1.82, 2.24) is 4.90 Å². The van der Waals surface area contributed by atoms with Crippen LogP contribution in [-0.4, -0.2) is 16.7 Å². The third kappa shape index (κ3) is 2.28. The maximum Gasteiger partial charge on any atom is 0.261 e. The Balaban J connectivity index is 1.95. The molecule has 1 aliphatic rings. The summed E-state index contributed by atoms with van der Waals surface area (Å²) in [7, 11) is 0. The van der Waals surface area contributed by atoms with Crippen molar-refractivity contribution in [2.45, 2.75) is 13.5 Å². The molecule has 0 atom stereocenters. The van der Waals surface area contributed by atoms with Gasteiger partial charge in [-0.1, -0.05) is 23.7 Å². The van der Waals surface area contributed by atoms with Gasteiger partial charge >= 0.3 is 0 Å². The summed E-state index contributed by atoms with van der Waals surface area (Å²) in [4.78, 5) is 25.9. The molecule has 3 rings (SSSR count). The second-order valence-electron chi connectivity index (χ2n) is 5.10. The number of benzene rings is 2. The zero-order valence-electron chi connectivity index (χ0n) is 11.4. The minimum Gasteiger partial charge on any atom is -0.399 e. The molecule has 0 spiro atoms. The molecule has 0 aliphatic carbocycles. The van der Waals surface area contributed by atoms with E-state index in [1.165, 1.54) is 11.0 Å². The van der Waals surface area contributed by atoms with E-state index in [4.69, 9.17) is 17.3 Å². The van der Waals surface area contributed by atoms with E-state index in [2.05, 4.69) is 0 Å². The van der Waals surface area contributed by atoms with Gasteiger partial charge in [0.05, 0.1) is 17.7 Å². The van der Waals surface area contributed by atoms with Crippen molar-refractivity contribution in [3.05, 3.63) is 63.7 Å². The highest BCUT2D eigenvalue weighted by atomic mass is 35.5. The van der Waals surface area contributed by atoms with Crippen molar-refractivity contribution < 1.29 is 9.59 Å². The molecule has 2 N–H and O–H groups in total. The number of fused-ring (bicyclic) bond motifs is 1. The van der Waals surface area contributed by atoms with Crippen molar-refractivity contribution in [2.75, 3.05) is 5.73 Å². The molecular weight excluding hydrogens is 288 g/mol. The summed E-state index contributed by atoms with van der Waals surface area (Å²) in [6, 6.07) is 10.3. The smallest absolute Gasteiger partial charge is 0.261 e. The maximum atomic E-state index is 12.3. The fourth-order valence-corrected chi connectivity index (χ4v) is 2.70. The van der Waals surface area contributed by atoms with Crippen LogP contribution in [0.3, 0.4) is 0 Å². The first-order valence-electron chi connectivity index (χ1n) is 6.48. The average molecular weight is 301 g/mol. The number of nitrogen functional groups attached to an aromatic ring is 1. The molecule has 2 aromatic rings. The monoisotopic (exact) mass is 300 g/mol. The van der Waals surface area contributed by atoms with Crippen LogP contribution in [0.2, 0.25) is 5.02 Å². The van der Waals surface area contributed by atoms with Gasteiger partial charge < -0.3 is 5.73 Å². The van der Waals surface area contributed by atoms with Gasteiger partial charge in [-0.15, -0.1) is 0 Å². The molecule has 2 aromatic carbocycles. The molecule has 5 heteroatoms. The summed E-state index contributed by atoms with van der Waals surface area (Å²) in [5, 5.41) is 0.547. The van der Waals surface area contributed by atoms with Gasteiger partial charge in [-0.3, -0.25) is 14.5 Å². The van der Waals surface area contributed by atoms with E-state index in [-0.39, 0.29) is 18.4 Å². The Hall–Kier alpha value is -2.33. The number of rotatable bonds is 2. The van der Waals surface area contributed by atoms with Crippen LogP contribution in [0.1, 0.15) is 31.8 Å². The van der Waals surface area contributed by atoms with Crippen molar-refractivity contribution in [3.63, 3.8) is 0 Å². The lowest BCUT2D eigenvalue weighted by atomic mass is 10.1. The Morgan fingerprint density at radius 3 is 2.48 bits per heavy atom. The van der Waals surface area contributed by atoms with E-state index in [0.29, 0.717) is 21.8 Å². The summed E-state index contributed by atoms with van der Waals surface area (Å²) in [6.07, 6.45) is 0. The SMILES string of the molecule is Cc1ccc(CN2C(=O)c3ccc(N)cc3C2=O)c(Cl)c1. The molecule has 0 aromatic heterocycles. The van der Waals surface area contributed by atoms with Crippen molar-refractivity contribution in [2.24, 2.45) is 0 Å². The van der Waals surface area contributed by atoms with Crippen LogP contribution in [0.5, 0.6) is 0 Å². The van der Waals surface area contributed by atoms with Gasteiger partial charge in [0.25, 0.3) is 11.8 Å². The minimum absolute atomic E-state index is 0.158. The third-order valence-corrected chi connectivity index (χ3v) is 3.88. The summed E-state index contributed by atoms with van der Waals surface area (Å²) in [5.74, 6) is -0.648. The summed E-state index contributed by atoms with van der Waals surface area (Å²) in [5.41, 5.74) is 8.64. The first-order chi connectivity index (χ1) is 9.97. The number of carbonyl (C=O) groups is 2. The molecule has 2 amide bonds. The number of halogens is 1. The van der Waals surface area contributed by atoms with E-state index in [0.717, 1.165) is 11.1 Å². The molecule has 0 unspecified atom stereocenters. The standard InChI is InChI=1S/C16H13ClN2O2/c1-9-2-3-10(14(17)6-9)8-19-15(20)12-5-4-11(18)7-13(12)16(19)21/h2-7H,8,18H2,1H3. The molecule has 0 saturated carbocycles. The van der Waals surface area contributed by atoms with E-state index in [1.54, 1.807) is 12.1 Å². The summed E-state index contributed by atoms with van der Waals surface area (Å²) in [6.45, 7) is 2.09. The fourth-order valence-electron chi connectivity index (χ4n) is 2.40. The van der Waals surface area contributed by atoms with Crippen LogP contribution < -0.4 is 5.73 Å². The van der Waals surface area contributed by atoms with Crippen molar-refractivity contribution in [1.29, 1.82) is 0 Å². The van der Waals surface area contributed by atoms with Crippen LogP contribution in [0.25, 0.3) is 0 Å². The minimum atomic E-state index is -0.334. The Morgan fingerprint density at radius 1 is 1.05 bits per heavy atom. The highest BCUT2D eigenvalue weighted by Crippen LogP contribution is 2.28. The molecule has 106 valence electrons. The lowest BCUT2D eigenvalue weighted by molar-refractivity contribution is 0.0642. The fraction of sp³-hybridized carbons (Fsp3) is 0.125. The highest BCUT2D eigenvalue weighted by Gasteiger charge is 2.35. The largest absolute Gasteiger partial charge is 0.399 e. The Bertz CT molecular complexity index is 771. The molecule has 0 bridgehead atoms. The molecule has 0 radical (unpaired) electrons. The van der Waals surface area contributed by atoms with Crippen LogP contribution in [0.4, 0.5) is 5.69 Å². The highest BCUT2D eigenvalue weighted by molar-refractivity contribution is 6.31. The second kappa shape index (κ2) is 4.90. The van der Waals surface area contributed by atoms with Gasteiger partial charge in [0, 0.05) is 10.7 Å². The lowest BCUT2D eigenvalue weighted by Crippen LogP contribution is -2.29. The molecular formula is C16H13ClN2O2. The van der Waals surface area contributed by atoms with Gasteiger partial charge in [0.1, 0.15) is 0 Å². The number of hydrogen-bond donors (Lipinski definition) is 1. The van der Waals surface area contributed by atoms with Crippen molar-refractivity contribution in [3.8, 4) is 0 Å². The number of carbonyl (C=O) groups excluding carboxylic acids is 2. The predicted octanol–water partition coefficient (Wildman–Crippen LogP) is 3.03. The Kier molecular flexibility index (Phi) is 3.18. The zero-order valence-corrected chi connectivity index (χ0v) is 12.1. The average Bonchev–Trinajstić information content (AvgIpc) is 2.66. The van der Waals surface area contributed by atoms with Crippen molar-refractivity contribution >= 4 is 29.1 Å². The number of nitrogens with zero attached hydrogens (tertiary/aromatic N) is 1. The number of anilines is 1. The van der Waals surface area contributed by atoms with Gasteiger partial charge in [0.15, 0.2) is 0 Å². The number of aryl methyl sites for hydroxylation is 1. The maximum absolute atomic E-state index is 12.3. The first kappa shape index (κ1) is 13.6. The quantitative estimate of drug-likeness (QED) is 0.685. The summed E-state index contributed by atoms with van der Waals surface area (Å²) >= 11 is 6.17. The number of hydrogen-bond acceptors (Lipinski definition) is 3. The van der Waals surface area contributed by atoms with E-state index < -0.39 is 0 Å². The molecule has 0 fully saturated rings. The third-order valence-electron chi connectivity index (χ3n) is 3.53. The molecule has 0 saturated heterocycles. The Labute approximate surface area is 127 Å². The van der Waals surface area contributed by atoms with E-state index in [1.807, 2.05) is 25.1 Å². The lowest BCUT2D eigenvalue weighted by Gasteiger charge is -2.15. The molecule has 1 aliphatic heterocycles. The van der Waals surface area contributed by atoms with Gasteiger partial charge in [0.2, 0.25) is 0 Å². The van der Waals surface area contributed by atoms with Gasteiger partial charge in [-0.05, 0) is 42.3 Å². The molecule has 21 heavy (non-hydrogen) atoms. The first-order valence-corrected chi connectivity index (χ1v) is 6.86. The van der Waals surface area contributed by atoms with Crippen LogP contribution >= 0.6 is 11.6 Å². The topological polar surface area (TPSA) is 63.4 Å². The second-order valence-corrected chi connectivity index (χ2v) is 5.50. The van der Waals surface area contributed by atoms with Crippen LogP contribution in [0, 0.1) is 6.92 Å². The summed E-state index contributed by atoms with van der Waals surface area (Å²) < 4.78 is 0. The van der Waals surface area contributed by atoms with Gasteiger partial charge in [-0.2, -0.15) is 0 Å². The molecule has 4 nitrogen and oxygen atoms in total. The predicted molar refractivity (Wildman–Crippen MR) is 81.2 cm³/mol. The number of amides is 2. The molecule has 1 heterocycles. The van der Waals surface area contributed by atoms with Gasteiger partial charge in [-0.25, -0.2) is 0 Å². The number of nitrogens with two attached hydrogens (primary N) is 1. The number of imide groups is 1. The zero-order chi connectivity index (χ0) is 15.1. The van der Waals surface area contributed by atoms with E-state index in [9.17, 15) is 9.59 Å². The Morgan fingerprint density at radius 2 is 1.76 bits per heavy atom. The normalized spacial score (nSPS) is 13.7. The van der Waals surface area contributed by atoms with Crippen LogP contribution in [0.15, 0.2) is 36.4 Å². The van der Waals surface area contributed by atoms with Crippen LogP contribution in [-0.2, 0) is 6.54 Å².